The van der Waals surface area contributed by atoms with Crippen molar-refractivity contribution in [3.63, 3.8) is 0 Å². The van der Waals surface area contributed by atoms with Crippen LogP contribution in [-0.2, 0) is 16.1 Å². The van der Waals surface area contributed by atoms with Crippen molar-refractivity contribution in [1.82, 2.24) is 0 Å². The topological polar surface area (TPSA) is 46.5 Å². The fourth-order valence-corrected chi connectivity index (χ4v) is 2.03. The quantitative estimate of drug-likeness (QED) is 0.909. The number of rotatable bonds is 4. The van der Waals surface area contributed by atoms with Gasteiger partial charge < -0.3 is 9.84 Å². The van der Waals surface area contributed by atoms with Crippen LogP contribution in [0.1, 0.15) is 12.0 Å². The lowest BCUT2D eigenvalue weighted by Gasteiger charge is -2.18. The number of carboxylic acid groups (broad SMARTS) is 1. The summed E-state index contributed by atoms with van der Waals surface area (Å²) >= 11 is 5.87. The van der Waals surface area contributed by atoms with E-state index < -0.39 is 5.97 Å². The normalized spacial score (nSPS) is 19.1. The van der Waals surface area contributed by atoms with Gasteiger partial charge >= 0.3 is 5.97 Å². The van der Waals surface area contributed by atoms with Crippen molar-refractivity contribution in [2.45, 2.75) is 19.1 Å². The Morgan fingerprint density at radius 3 is 2.78 bits per heavy atom. The fraction of sp³-hybridized carbons (Fsp3) is 0.214. The van der Waals surface area contributed by atoms with E-state index in [1.807, 2.05) is 30.3 Å². The fourth-order valence-electron chi connectivity index (χ4n) is 1.76. The first kappa shape index (κ1) is 12.9. The number of aliphatic carboxylic acids is 1. The van der Waals surface area contributed by atoms with E-state index in [2.05, 4.69) is 0 Å². The average Bonchev–Trinajstić information content (AvgIpc) is 2.37. The number of ether oxygens (including phenoxy) is 1. The van der Waals surface area contributed by atoms with Crippen molar-refractivity contribution in [3.8, 4) is 0 Å². The Labute approximate surface area is 110 Å². The number of carboxylic acids is 1. The van der Waals surface area contributed by atoms with Crippen LogP contribution in [-0.4, -0.2) is 17.2 Å². The van der Waals surface area contributed by atoms with Crippen LogP contribution in [0.15, 0.2) is 53.1 Å². The van der Waals surface area contributed by atoms with Crippen molar-refractivity contribution in [3.05, 3.63) is 58.7 Å². The number of allylic oxidation sites excluding steroid dienone is 2. The largest absolute Gasteiger partial charge is 0.478 e. The number of hydrogen-bond donors (Lipinski definition) is 1. The number of hydrogen-bond acceptors (Lipinski definition) is 2. The molecule has 0 fully saturated rings. The van der Waals surface area contributed by atoms with Gasteiger partial charge in [0.25, 0.3) is 0 Å². The van der Waals surface area contributed by atoms with Gasteiger partial charge in [-0.2, -0.15) is 0 Å². The second-order valence-electron chi connectivity index (χ2n) is 4.07. The molecule has 1 atom stereocenters. The third-order valence-electron chi connectivity index (χ3n) is 2.66. The van der Waals surface area contributed by atoms with E-state index in [0.717, 1.165) is 5.56 Å². The molecule has 1 aromatic rings. The highest BCUT2D eigenvalue weighted by molar-refractivity contribution is 6.31. The van der Waals surface area contributed by atoms with E-state index in [9.17, 15) is 4.79 Å². The third-order valence-corrected chi connectivity index (χ3v) is 2.90. The third kappa shape index (κ3) is 3.45. The van der Waals surface area contributed by atoms with Gasteiger partial charge in [-0.15, -0.1) is 0 Å². The summed E-state index contributed by atoms with van der Waals surface area (Å²) in [5, 5.41) is 9.36. The molecule has 2 rings (SSSR count). The maximum atomic E-state index is 10.9. The lowest BCUT2D eigenvalue weighted by atomic mass is 10.0. The summed E-state index contributed by atoms with van der Waals surface area (Å²) in [5.41, 5.74) is 1.33. The number of carbonyl (C=O) groups is 1. The SMILES string of the molecule is O=C(O)C1=CC(Cl)=CC(OCc2ccccc2)C1. The second kappa shape index (κ2) is 5.85. The molecule has 0 aliphatic heterocycles. The summed E-state index contributed by atoms with van der Waals surface area (Å²) in [4.78, 5) is 10.9. The Hall–Kier alpha value is -1.58. The molecule has 0 bridgehead atoms. The Morgan fingerprint density at radius 2 is 2.11 bits per heavy atom. The highest BCUT2D eigenvalue weighted by atomic mass is 35.5. The Bertz CT molecular complexity index is 491. The van der Waals surface area contributed by atoms with Crippen molar-refractivity contribution >= 4 is 17.6 Å². The van der Waals surface area contributed by atoms with Gasteiger partial charge in [-0.25, -0.2) is 4.79 Å². The second-order valence-corrected chi connectivity index (χ2v) is 4.50. The van der Waals surface area contributed by atoms with E-state index >= 15 is 0 Å². The highest BCUT2D eigenvalue weighted by Crippen LogP contribution is 2.23. The minimum absolute atomic E-state index is 0.278. The summed E-state index contributed by atoms with van der Waals surface area (Å²) in [6.07, 6.45) is 3.26. The molecule has 0 heterocycles. The van der Waals surface area contributed by atoms with Gasteiger partial charge in [-0.3, -0.25) is 0 Å². The number of benzene rings is 1. The maximum Gasteiger partial charge on any atom is 0.331 e. The molecule has 18 heavy (non-hydrogen) atoms. The molecule has 1 aliphatic rings. The lowest BCUT2D eigenvalue weighted by molar-refractivity contribution is -0.133. The predicted molar refractivity (Wildman–Crippen MR) is 69.3 cm³/mol. The van der Waals surface area contributed by atoms with Crippen LogP contribution in [0.5, 0.6) is 0 Å². The Morgan fingerprint density at radius 1 is 1.39 bits per heavy atom. The van der Waals surface area contributed by atoms with E-state index in [0.29, 0.717) is 18.1 Å². The predicted octanol–water partition coefficient (Wildman–Crippen LogP) is 3.11. The Kier molecular flexibility index (Phi) is 4.18. The first-order valence-corrected chi connectivity index (χ1v) is 5.99. The number of halogens is 1. The monoisotopic (exact) mass is 264 g/mol. The molecule has 0 spiro atoms. The zero-order chi connectivity index (χ0) is 13.0. The van der Waals surface area contributed by atoms with Crippen LogP contribution in [0.3, 0.4) is 0 Å². The van der Waals surface area contributed by atoms with Crippen molar-refractivity contribution in [2.75, 3.05) is 0 Å². The van der Waals surface area contributed by atoms with Crippen LogP contribution >= 0.6 is 11.6 Å². The molecule has 0 saturated heterocycles. The Balaban J connectivity index is 1.96. The molecule has 1 aromatic carbocycles. The molecule has 3 nitrogen and oxygen atoms in total. The molecule has 0 saturated carbocycles. The van der Waals surface area contributed by atoms with E-state index in [1.165, 1.54) is 6.08 Å². The zero-order valence-electron chi connectivity index (χ0n) is 9.67. The van der Waals surface area contributed by atoms with Crippen molar-refractivity contribution < 1.29 is 14.6 Å². The maximum absolute atomic E-state index is 10.9. The molecule has 1 aliphatic carbocycles. The van der Waals surface area contributed by atoms with Crippen LogP contribution in [0.4, 0.5) is 0 Å². The summed E-state index contributed by atoms with van der Waals surface area (Å²) in [5.74, 6) is -0.949. The first-order valence-electron chi connectivity index (χ1n) is 5.62. The molecule has 0 amide bonds. The molecule has 0 aromatic heterocycles. The molecule has 94 valence electrons. The molecular formula is C14H13ClO3. The first-order chi connectivity index (χ1) is 8.65. The molecule has 4 heteroatoms. The lowest BCUT2D eigenvalue weighted by Crippen LogP contribution is -2.17. The van der Waals surface area contributed by atoms with Crippen LogP contribution in [0, 0.1) is 0 Å². The smallest absolute Gasteiger partial charge is 0.331 e. The zero-order valence-corrected chi connectivity index (χ0v) is 10.4. The van der Waals surface area contributed by atoms with Crippen LogP contribution in [0.25, 0.3) is 0 Å². The molecule has 0 radical (unpaired) electrons. The van der Waals surface area contributed by atoms with Crippen LogP contribution in [0.2, 0.25) is 0 Å². The van der Waals surface area contributed by atoms with Gasteiger partial charge in [0.2, 0.25) is 0 Å². The van der Waals surface area contributed by atoms with Gasteiger partial charge in [0.1, 0.15) is 0 Å². The van der Waals surface area contributed by atoms with Gasteiger partial charge in [0, 0.05) is 17.0 Å². The van der Waals surface area contributed by atoms with Crippen LogP contribution < -0.4 is 0 Å². The summed E-state index contributed by atoms with van der Waals surface area (Å²) < 4.78 is 5.65. The summed E-state index contributed by atoms with van der Waals surface area (Å²) in [7, 11) is 0. The summed E-state index contributed by atoms with van der Waals surface area (Å²) in [6, 6.07) is 9.73. The van der Waals surface area contributed by atoms with E-state index in [1.54, 1.807) is 6.08 Å². The molecule has 1 N–H and O–H groups in total. The van der Waals surface area contributed by atoms with Crippen molar-refractivity contribution in [1.29, 1.82) is 0 Å². The van der Waals surface area contributed by atoms with Crippen molar-refractivity contribution in [2.24, 2.45) is 0 Å². The minimum Gasteiger partial charge on any atom is -0.478 e. The van der Waals surface area contributed by atoms with Gasteiger partial charge in [-0.05, 0) is 17.7 Å². The average molecular weight is 265 g/mol. The highest BCUT2D eigenvalue weighted by Gasteiger charge is 2.19. The van der Waals surface area contributed by atoms with Gasteiger partial charge in [0.05, 0.1) is 12.7 Å². The molecular weight excluding hydrogens is 252 g/mol. The van der Waals surface area contributed by atoms with Gasteiger partial charge in [-0.1, -0.05) is 41.9 Å². The standard InChI is InChI=1S/C14H13ClO3/c15-12-6-11(14(16)17)7-13(8-12)18-9-10-4-2-1-3-5-10/h1-6,8,13H,7,9H2,(H,16,17). The van der Waals surface area contributed by atoms with E-state index in [-0.39, 0.29) is 11.7 Å². The summed E-state index contributed by atoms with van der Waals surface area (Å²) in [6.45, 7) is 0.444. The molecule has 1 unspecified atom stereocenters. The minimum atomic E-state index is -0.949. The van der Waals surface area contributed by atoms with Gasteiger partial charge in [0.15, 0.2) is 0 Å². The van der Waals surface area contributed by atoms with E-state index in [4.69, 9.17) is 21.4 Å².